The van der Waals surface area contributed by atoms with E-state index >= 15 is 0 Å². The van der Waals surface area contributed by atoms with Crippen molar-refractivity contribution in [2.45, 2.75) is 37.5 Å². The fourth-order valence-corrected chi connectivity index (χ4v) is 2.80. The zero-order valence-electron chi connectivity index (χ0n) is 13.8. The molecular formula is C19H21N3O3. The molecule has 0 radical (unpaired) electrons. The highest BCUT2D eigenvalue weighted by Crippen LogP contribution is 2.19. The van der Waals surface area contributed by atoms with Crippen LogP contribution in [0.2, 0.25) is 0 Å². The Kier molecular flexibility index (Phi) is 5.40. The van der Waals surface area contributed by atoms with Crippen molar-refractivity contribution in [3.05, 3.63) is 66.0 Å². The van der Waals surface area contributed by atoms with Gasteiger partial charge in [-0.3, -0.25) is 14.6 Å². The summed E-state index contributed by atoms with van der Waals surface area (Å²) in [6.45, 7) is 0. The molecule has 3 N–H and O–H groups in total. The van der Waals surface area contributed by atoms with Crippen molar-refractivity contribution in [2.24, 2.45) is 0 Å². The maximum Gasteiger partial charge on any atom is 0.251 e. The number of nitrogens with zero attached hydrogens (tertiary/aromatic N) is 1. The molecular weight excluding hydrogens is 318 g/mol. The number of aromatic nitrogens is 1. The van der Waals surface area contributed by atoms with E-state index in [-0.39, 0.29) is 24.0 Å². The van der Waals surface area contributed by atoms with Gasteiger partial charge < -0.3 is 15.7 Å². The summed E-state index contributed by atoms with van der Waals surface area (Å²) >= 11 is 0. The predicted molar refractivity (Wildman–Crippen MR) is 92.8 cm³/mol. The Morgan fingerprint density at radius 1 is 1.16 bits per heavy atom. The lowest BCUT2D eigenvalue weighted by molar-refractivity contribution is -0.125. The van der Waals surface area contributed by atoms with E-state index in [1.54, 1.807) is 42.7 Å². The minimum Gasteiger partial charge on any atom is -0.393 e. The first-order chi connectivity index (χ1) is 12.1. The van der Waals surface area contributed by atoms with Crippen LogP contribution in [0, 0.1) is 0 Å². The Bertz CT molecular complexity index is 715. The Balaban J connectivity index is 1.69. The monoisotopic (exact) mass is 339 g/mol. The molecule has 0 bridgehead atoms. The number of carbonyl (C=O) groups excluding carboxylic acids is 2. The third-order valence-corrected chi connectivity index (χ3v) is 4.28. The number of nitrogens with one attached hydrogen (secondary N) is 2. The van der Waals surface area contributed by atoms with Crippen LogP contribution < -0.4 is 10.6 Å². The van der Waals surface area contributed by atoms with Gasteiger partial charge >= 0.3 is 0 Å². The van der Waals surface area contributed by atoms with E-state index in [0.29, 0.717) is 24.8 Å². The summed E-state index contributed by atoms with van der Waals surface area (Å²) in [5.74, 6) is -0.539. The van der Waals surface area contributed by atoms with Crippen molar-refractivity contribution in [1.29, 1.82) is 0 Å². The first kappa shape index (κ1) is 17.1. The maximum absolute atomic E-state index is 12.6. The van der Waals surface area contributed by atoms with Gasteiger partial charge in [0.05, 0.1) is 6.10 Å². The van der Waals surface area contributed by atoms with Crippen LogP contribution in [0.5, 0.6) is 0 Å². The van der Waals surface area contributed by atoms with Gasteiger partial charge in [0, 0.05) is 30.4 Å². The van der Waals surface area contributed by atoms with Gasteiger partial charge in [-0.05, 0) is 36.6 Å². The largest absolute Gasteiger partial charge is 0.393 e. The molecule has 2 amide bonds. The number of hydrogen-bond donors (Lipinski definition) is 3. The van der Waals surface area contributed by atoms with E-state index in [1.165, 1.54) is 0 Å². The molecule has 1 aromatic carbocycles. The second-order valence-corrected chi connectivity index (χ2v) is 6.29. The lowest BCUT2D eigenvalue weighted by Crippen LogP contribution is -2.54. The highest BCUT2D eigenvalue weighted by atomic mass is 16.3. The van der Waals surface area contributed by atoms with Crippen LogP contribution >= 0.6 is 0 Å². The van der Waals surface area contributed by atoms with Gasteiger partial charge in [0.1, 0.15) is 6.04 Å². The molecule has 0 aliphatic heterocycles. The third-order valence-electron chi connectivity index (χ3n) is 4.28. The number of aliphatic hydroxyl groups is 1. The summed E-state index contributed by atoms with van der Waals surface area (Å²) in [7, 11) is 0. The number of benzene rings is 1. The summed E-state index contributed by atoms with van der Waals surface area (Å²) < 4.78 is 0. The molecule has 0 spiro atoms. The average molecular weight is 339 g/mol. The van der Waals surface area contributed by atoms with Gasteiger partial charge in [-0.15, -0.1) is 0 Å². The van der Waals surface area contributed by atoms with Crippen molar-refractivity contribution >= 4 is 11.8 Å². The van der Waals surface area contributed by atoms with E-state index < -0.39 is 6.04 Å². The summed E-state index contributed by atoms with van der Waals surface area (Å²) in [5.41, 5.74) is 1.37. The Morgan fingerprint density at radius 2 is 1.92 bits per heavy atom. The second kappa shape index (κ2) is 7.90. The number of carbonyl (C=O) groups is 2. The molecule has 2 aromatic rings. The van der Waals surface area contributed by atoms with E-state index in [4.69, 9.17) is 0 Å². The number of hydrogen-bond acceptors (Lipinski definition) is 4. The topological polar surface area (TPSA) is 91.3 Å². The summed E-state index contributed by atoms with van der Waals surface area (Å²) in [4.78, 5) is 29.1. The molecule has 1 aliphatic rings. The normalized spacial score (nSPS) is 20.2. The predicted octanol–water partition coefficient (Wildman–Crippen LogP) is 1.06. The third kappa shape index (κ3) is 4.64. The smallest absolute Gasteiger partial charge is 0.251 e. The summed E-state index contributed by atoms with van der Waals surface area (Å²) in [5, 5.41) is 15.1. The zero-order chi connectivity index (χ0) is 17.6. The fraction of sp³-hybridized carbons (Fsp3) is 0.316. The first-order valence-corrected chi connectivity index (χ1v) is 8.35. The van der Waals surface area contributed by atoms with Crippen LogP contribution in [0.1, 0.15) is 28.8 Å². The molecule has 130 valence electrons. The Morgan fingerprint density at radius 3 is 2.56 bits per heavy atom. The molecule has 6 heteroatoms. The zero-order valence-corrected chi connectivity index (χ0v) is 13.8. The van der Waals surface area contributed by atoms with Crippen molar-refractivity contribution < 1.29 is 14.7 Å². The van der Waals surface area contributed by atoms with Gasteiger partial charge in [0.2, 0.25) is 5.91 Å². The van der Waals surface area contributed by atoms with Gasteiger partial charge in [-0.2, -0.15) is 0 Å². The van der Waals surface area contributed by atoms with Crippen molar-refractivity contribution in [3.8, 4) is 0 Å². The van der Waals surface area contributed by atoms with Crippen LogP contribution in [0.4, 0.5) is 0 Å². The molecule has 3 rings (SSSR count). The lowest BCUT2D eigenvalue weighted by atomic mass is 9.89. The highest BCUT2D eigenvalue weighted by molar-refractivity contribution is 5.97. The average Bonchev–Trinajstić information content (AvgIpc) is 2.61. The number of pyridine rings is 1. The van der Waals surface area contributed by atoms with Gasteiger partial charge in [0.15, 0.2) is 0 Å². The fourth-order valence-electron chi connectivity index (χ4n) is 2.80. The Hall–Kier alpha value is -2.73. The molecule has 1 aliphatic carbocycles. The van der Waals surface area contributed by atoms with E-state index in [0.717, 1.165) is 5.56 Å². The number of rotatable bonds is 6. The van der Waals surface area contributed by atoms with E-state index in [1.807, 2.05) is 12.1 Å². The summed E-state index contributed by atoms with van der Waals surface area (Å²) in [6.07, 6.45) is 4.46. The lowest BCUT2D eigenvalue weighted by Gasteiger charge is -2.33. The molecule has 1 aromatic heterocycles. The van der Waals surface area contributed by atoms with Crippen LogP contribution in [0.25, 0.3) is 0 Å². The molecule has 0 saturated heterocycles. The van der Waals surface area contributed by atoms with Crippen LogP contribution in [-0.4, -0.2) is 40.1 Å². The first-order valence-electron chi connectivity index (χ1n) is 8.35. The van der Waals surface area contributed by atoms with E-state index in [9.17, 15) is 14.7 Å². The van der Waals surface area contributed by atoms with Crippen LogP contribution in [0.3, 0.4) is 0 Å². The molecule has 1 fully saturated rings. The molecule has 25 heavy (non-hydrogen) atoms. The molecule has 6 nitrogen and oxygen atoms in total. The van der Waals surface area contributed by atoms with Crippen molar-refractivity contribution in [1.82, 2.24) is 15.6 Å². The van der Waals surface area contributed by atoms with Gasteiger partial charge in [0.25, 0.3) is 5.91 Å². The molecule has 1 unspecified atom stereocenters. The number of aliphatic hydroxyl groups excluding tert-OH is 1. The second-order valence-electron chi connectivity index (χ2n) is 6.29. The highest BCUT2D eigenvalue weighted by Gasteiger charge is 2.31. The van der Waals surface area contributed by atoms with Crippen molar-refractivity contribution in [3.63, 3.8) is 0 Å². The minimum atomic E-state index is -0.699. The van der Waals surface area contributed by atoms with E-state index in [2.05, 4.69) is 15.6 Å². The SMILES string of the molecule is O=C(NC(Cc1cccnc1)C(=O)NC1CC(O)C1)c1ccccc1. The maximum atomic E-state index is 12.6. The molecule has 1 atom stereocenters. The van der Waals surface area contributed by atoms with Gasteiger partial charge in [-0.1, -0.05) is 24.3 Å². The minimum absolute atomic E-state index is 0.0347. The molecule has 1 saturated carbocycles. The van der Waals surface area contributed by atoms with Crippen LogP contribution in [0.15, 0.2) is 54.9 Å². The standard InChI is InChI=1S/C19H21N3O3/c23-16-10-15(11-16)21-19(25)17(9-13-5-4-8-20-12-13)22-18(24)14-6-2-1-3-7-14/h1-8,12,15-17,23H,9-11H2,(H,21,25)(H,22,24). The van der Waals surface area contributed by atoms with Gasteiger partial charge in [-0.25, -0.2) is 0 Å². The molecule has 1 heterocycles. The van der Waals surface area contributed by atoms with Crippen LogP contribution in [-0.2, 0) is 11.2 Å². The van der Waals surface area contributed by atoms with Crippen molar-refractivity contribution in [2.75, 3.05) is 0 Å². The quantitative estimate of drug-likeness (QED) is 0.734. The number of amides is 2. The Labute approximate surface area is 146 Å². The summed E-state index contributed by atoms with van der Waals surface area (Å²) in [6, 6.07) is 11.7.